The molecule has 10 nitrogen and oxygen atoms in total. The first kappa shape index (κ1) is 29.1. The molecule has 2 fully saturated rings. The molecule has 0 aliphatic carbocycles. The Morgan fingerprint density at radius 3 is 2.47 bits per heavy atom. The van der Waals surface area contributed by atoms with Crippen LogP contribution in [0, 0.1) is 32.1 Å². The highest BCUT2D eigenvalue weighted by Crippen LogP contribution is 2.40. The third kappa shape index (κ3) is 5.35. The number of thiazole rings is 1. The molecule has 0 unspecified atom stereocenters. The maximum atomic E-state index is 12.5. The van der Waals surface area contributed by atoms with Gasteiger partial charge in [-0.05, 0) is 38.8 Å². The quantitative estimate of drug-likeness (QED) is 0.342. The second-order valence-electron chi connectivity index (χ2n) is 11.6. The monoisotopic (exact) mass is 598 g/mol. The van der Waals surface area contributed by atoms with E-state index in [0.717, 1.165) is 71.5 Å². The molecule has 2 aliphatic heterocycles. The number of likely N-dealkylation sites (tertiary alicyclic amines) is 1. The van der Waals surface area contributed by atoms with Crippen LogP contribution in [-0.2, 0) is 11.2 Å². The third-order valence-electron chi connectivity index (χ3n) is 8.77. The number of aryl methyl sites for hydroxylation is 3. The molecule has 6 rings (SSSR count). The zero-order valence-corrected chi connectivity index (χ0v) is 26.3. The van der Waals surface area contributed by atoms with E-state index in [9.17, 15) is 15.2 Å². The first-order valence-corrected chi connectivity index (χ1v) is 15.7. The normalized spacial score (nSPS) is 16.0. The summed E-state index contributed by atoms with van der Waals surface area (Å²) in [6.45, 7) is 13.0. The highest BCUT2D eigenvalue weighted by molar-refractivity contribution is 7.16. The van der Waals surface area contributed by atoms with Gasteiger partial charge in [-0.1, -0.05) is 48.1 Å². The Hall–Kier alpha value is -3.98. The molecule has 0 spiro atoms. The number of aromatic nitrogens is 3. The number of rotatable bonds is 7. The molecule has 0 radical (unpaired) electrons. The van der Waals surface area contributed by atoms with Crippen molar-refractivity contribution in [2.24, 2.45) is 0 Å². The lowest BCUT2D eigenvalue weighted by Crippen LogP contribution is -2.57. The molecule has 43 heavy (non-hydrogen) atoms. The SMILES string of the molecule is CCc1nn2c(C)c(C)c(N3CCN(CC(=O)N4CC(O)C4)CC3)cc2c1N(C)c1nc(-c2ccc(C)cc2)c(C#N)s1. The lowest BCUT2D eigenvalue weighted by atomic mass is 10.1. The summed E-state index contributed by atoms with van der Waals surface area (Å²) in [6, 6.07) is 12.7. The molecule has 224 valence electrons. The van der Waals surface area contributed by atoms with E-state index in [1.165, 1.54) is 22.6 Å². The average Bonchev–Trinajstić information content (AvgIpc) is 3.60. The number of pyridine rings is 1. The molecule has 1 aromatic carbocycles. The maximum Gasteiger partial charge on any atom is 0.236 e. The molecule has 11 heteroatoms. The maximum absolute atomic E-state index is 12.5. The highest BCUT2D eigenvalue weighted by Gasteiger charge is 2.31. The van der Waals surface area contributed by atoms with E-state index in [-0.39, 0.29) is 12.0 Å². The lowest BCUT2D eigenvalue weighted by molar-refractivity contribution is -0.142. The van der Waals surface area contributed by atoms with Crippen molar-refractivity contribution in [3.8, 4) is 17.3 Å². The Morgan fingerprint density at radius 1 is 1.14 bits per heavy atom. The highest BCUT2D eigenvalue weighted by atomic mass is 32.1. The lowest BCUT2D eigenvalue weighted by Gasteiger charge is -2.40. The van der Waals surface area contributed by atoms with E-state index in [0.29, 0.717) is 30.2 Å². The van der Waals surface area contributed by atoms with E-state index >= 15 is 0 Å². The molecule has 3 aromatic heterocycles. The minimum atomic E-state index is -0.373. The molecule has 0 atom stereocenters. The summed E-state index contributed by atoms with van der Waals surface area (Å²) >= 11 is 1.40. The van der Waals surface area contributed by atoms with Gasteiger partial charge in [-0.15, -0.1) is 0 Å². The number of nitriles is 1. The summed E-state index contributed by atoms with van der Waals surface area (Å²) in [5.74, 6) is 0.0958. The van der Waals surface area contributed by atoms with Crippen LogP contribution in [-0.4, -0.2) is 94.4 Å². The topological polar surface area (TPSA) is 104 Å². The number of carbonyl (C=O) groups excluding carboxylic acids is 1. The predicted octanol–water partition coefficient (Wildman–Crippen LogP) is 3.91. The van der Waals surface area contributed by atoms with Crippen molar-refractivity contribution in [3.63, 3.8) is 0 Å². The van der Waals surface area contributed by atoms with Crippen molar-refractivity contribution in [1.29, 1.82) is 5.26 Å². The number of aliphatic hydroxyl groups excluding tert-OH is 1. The average molecular weight is 599 g/mol. The van der Waals surface area contributed by atoms with Crippen LogP contribution in [0.15, 0.2) is 30.3 Å². The molecule has 1 N–H and O–H groups in total. The van der Waals surface area contributed by atoms with Crippen LogP contribution in [0.3, 0.4) is 0 Å². The van der Waals surface area contributed by atoms with Crippen LogP contribution in [0.2, 0.25) is 0 Å². The smallest absolute Gasteiger partial charge is 0.236 e. The number of piperazine rings is 1. The van der Waals surface area contributed by atoms with Crippen molar-refractivity contribution in [1.82, 2.24) is 24.4 Å². The number of benzene rings is 1. The van der Waals surface area contributed by atoms with Gasteiger partial charge in [0.25, 0.3) is 0 Å². The first-order valence-electron chi connectivity index (χ1n) is 14.8. The number of aliphatic hydroxyl groups is 1. The Morgan fingerprint density at radius 2 is 1.84 bits per heavy atom. The summed E-state index contributed by atoms with van der Waals surface area (Å²) in [6.07, 6.45) is 0.388. The van der Waals surface area contributed by atoms with Crippen LogP contribution in [0.5, 0.6) is 0 Å². The summed E-state index contributed by atoms with van der Waals surface area (Å²) in [5, 5.41) is 25.3. The first-order chi connectivity index (χ1) is 20.7. The molecule has 0 saturated carbocycles. The number of anilines is 3. The van der Waals surface area contributed by atoms with Crippen molar-refractivity contribution >= 4 is 39.3 Å². The fourth-order valence-electron chi connectivity index (χ4n) is 6.00. The Balaban J connectivity index is 1.30. The van der Waals surface area contributed by atoms with Gasteiger partial charge in [0.2, 0.25) is 5.91 Å². The minimum absolute atomic E-state index is 0.0958. The molecule has 2 aliphatic rings. The number of β-amino-alcohol motifs (C(OH)–C–C–N with tert-alkyl or cyclic N) is 1. The number of nitrogens with zero attached hydrogens (tertiary/aromatic N) is 8. The van der Waals surface area contributed by atoms with Gasteiger partial charge in [0, 0.05) is 63.3 Å². The van der Waals surface area contributed by atoms with Crippen LogP contribution in [0.25, 0.3) is 16.8 Å². The van der Waals surface area contributed by atoms with Gasteiger partial charge in [0.1, 0.15) is 16.6 Å². The molecular formula is C32H38N8O2S. The molecule has 0 bridgehead atoms. The Labute approximate surface area is 256 Å². The molecule has 4 aromatic rings. The van der Waals surface area contributed by atoms with Gasteiger partial charge in [0.15, 0.2) is 5.13 Å². The summed E-state index contributed by atoms with van der Waals surface area (Å²) in [7, 11) is 2.01. The van der Waals surface area contributed by atoms with Gasteiger partial charge in [-0.3, -0.25) is 9.69 Å². The molecular weight excluding hydrogens is 560 g/mol. The van der Waals surface area contributed by atoms with E-state index < -0.39 is 0 Å². The van der Waals surface area contributed by atoms with Crippen LogP contribution in [0.4, 0.5) is 16.5 Å². The van der Waals surface area contributed by atoms with Gasteiger partial charge < -0.3 is 19.8 Å². The van der Waals surface area contributed by atoms with Crippen LogP contribution < -0.4 is 9.80 Å². The zero-order valence-electron chi connectivity index (χ0n) is 25.5. The van der Waals surface area contributed by atoms with E-state index in [2.05, 4.69) is 47.6 Å². The van der Waals surface area contributed by atoms with Crippen molar-refractivity contribution in [2.75, 3.05) is 62.7 Å². The second-order valence-corrected chi connectivity index (χ2v) is 12.6. The summed E-state index contributed by atoms with van der Waals surface area (Å²) in [5.41, 5.74) is 9.25. The summed E-state index contributed by atoms with van der Waals surface area (Å²) < 4.78 is 2.04. The largest absolute Gasteiger partial charge is 0.389 e. The zero-order chi connectivity index (χ0) is 30.4. The number of carbonyl (C=O) groups is 1. The predicted molar refractivity (Wildman–Crippen MR) is 170 cm³/mol. The summed E-state index contributed by atoms with van der Waals surface area (Å²) in [4.78, 5) is 26.5. The Bertz CT molecular complexity index is 1710. The second kappa shape index (κ2) is 11.6. The van der Waals surface area contributed by atoms with E-state index in [1.54, 1.807) is 4.90 Å². The van der Waals surface area contributed by atoms with Gasteiger partial charge in [0.05, 0.1) is 29.5 Å². The van der Waals surface area contributed by atoms with Gasteiger partial charge in [-0.25, -0.2) is 9.50 Å². The number of hydrogen-bond donors (Lipinski definition) is 1. The molecule has 5 heterocycles. The standard InChI is InChI=1S/C32H38N8O2S/c1-6-25-31(36(5)32-34-30(28(16-33)43-32)23-9-7-20(2)8-10-23)27-15-26(21(3)22(4)40(27)35-25)38-13-11-37(12-14-38)19-29(42)39-17-24(41)18-39/h7-10,15,24,41H,6,11-14,17-19H2,1-5H3. The van der Waals surface area contributed by atoms with Crippen LogP contribution >= 0.6 is 11.3 Å². The van der Waals surface area contributed by atoms with Crippen molar-refractivity contribution in [3.05, 3.63) is 57.7 Å². The number of fused-ring (bicyclic) bond motifs is 1. The van der Waals surface area contributed by atoms with E-state index in [1.807, 2.05) is 42.8 Å². The molecule has 1 amide bonds. The fraction of sp³-hybridized carbons (Fsp3) is 0.438. The number of hydrogen-bond acceptors (Lipinski definition) is 9. The van der Waals surface area contributed by atoms with Gasteiger partial charge >= 0.3 is 0 Å². The van der Waals surface area contributed by atoms with E-state index in [4.69, 9.17) is 10.1 Å². The number of amides is 1. The fourth-order valence-corrected chi connectivity index (χ4v) is 6.85. The van der Waals surface area contributed by atoms with Crippen molar-refractivity contribution < 1.29 is 9.90 Å². The third-order valence-corrected chi connectivity index (χ3v) is 9.81. The minimum Gasteiger partial charge on any atom is -0.389 e. The van der Waals surface area contributed by atoms with Gasteiger partial charge in [-0.2, -0.15) is 10.4 Å². The molecule has 2 saturated heterocycles. The Kier molecular flexibility index (Phi) is 7.85. The van der Waals surface area contributed by atoms with Crippen LogP contribution in [0.1, 0.15) is 34.3 Å². The van der Waals surface area contributed by atoms with Crippen molar-refractivity contribution in [2.45, 2.75) is 40.2 Å².